The number of hydrogen-bond donors (Lipinski definition) is 2. The lowest BCUT2D eigenvalue weighted by Crippen LogP contribution is -2.21. The summed E-state index contributed by atoms with van der Waals surface area (Å²) >= 11 is -0.530. The fourth-order valence-corrected chi connectivity index (χ4v) is 3.81. The zero-order valence-corrected chi connectivity index (χ0v) is 14.7. The summed E-state index contributed by atoms with van der Waals surface area (Å²) in [6.07, 6.45) is -3.19. The molecule has 0 bridgehead atoms. The number of alkyl halides is 5. The van der Waals surface area contributed by atoms with Crippen molar-refractivity contribution in [3.8, 4) is 6.07 Å². The number of nitrogens with one attached hydrogen (secondary N) is 1. The van der Waals surface area contributed by atoms with Gasteiger partial charge in [0.25, 0.3) is 5.92 Å². The van der Waals surface area contributed by atoms with Gasteiger partial charge in [0, 0.05) is 28.3 Å². The van der Waals surface area contributed by atoms with Crippen molar-refractivity contribution in [2.24, 2.45) is 0 Å². The molecule has 3 nitrogen and oxygen atoms in total. The summed E-state index contributed by atoms with van der Waals surface area (Å²) in [6.45, 7) is 1.75. The fourth-order valence-electron chi connectivity index (χ4n) is 3.08. The van der Waals surface area contributed by atoms with Gasteiger partial charge in [0.1, 0.15) is 6.10 Å². The minimum atomic E-state index is -4.67. The Hall–Kier alpha value is -2.31. The van der Waals surface area contributed by atoms with Crippen molar-refractivity contribution in [2.75, 3.05) is 5.32 Å². The molecule has 1 atom stereocenters. The number of halogens is 5. The molecule has 2 aromatic carbocycles. The van der Waals surface area contributed by atoms with Gasteiger partial charge in [-0.25, -0.2) is 8.78 Å². The van der Waals surface area contributed by atoms with Crippen LogP contribution >= 0.6 is 11.8 Å². The van der Waals surface area contributed by atoms with E-state index in [4.69, 9.17) is 5.26 Å². The van der Waals surface area contributed by atoms with Crippen LogP contribution in [0.15, 0.2) is 35.2 Å². The molecule has 0 spiro atoms. The second kappa shape index (κ2) is 6.69. The molecule has 9 heteroatoms. The van der Waals surface area contributed by atoms with Crippen molar-refractivity contribution in [1.29, 1.82) is 5.26 Å². The van der Waals surface area contributed by atoms with Crippen LogP contribution in [0.5, 0.6) is 0 Å². The van der Waals surface area contributed by atoms with Gasteiger partial charge in [0.2, 0.25) is 0 Å². The predicted molar refractivity (Wildman–Crippen MR) is 91.1 cm³/mol. The first-order chi connectivity index (χ1) is 12.5. The molecule has 0 amide bonds. The summed E-state index contributed by atoms with van der Waals surface area (Å²) < 4.78 is 66.3. The fraction of sp³-hybridized carbons (Fsp3) is 0.278. The maximum absolute atomic E-state index is 14.0. The molecule has 0 aromatic heterocycles. The highest BCUT2D eigenvalue weighted by Crippen LogP contribution is 2.52. The van der Waals surface area contributed by atoms with Crippen LogP contribution in [0.1, 0.15) is 28.4 Å². The Balaban J connectivity index is 2.07. The number of nitrogens with zero attached hydrogens (tertiary/aromatic N) is 1. The van der Waals surface area contributed by atoms with E-state index in [0.29, 0.717) is 11.3 Å². The zero-order chi connectivity index (χ0) is 20.0. The Bertz CT molecular complexity index is 937. The Labute approximate surface area is 155 Å². The smallest absolute Gasteiger partial charge is 0.382 e. The van der Waals surface area contributed by atoms with Gasteiger partial charge in [-0.05, 0) is 60.1 Å². The van der Waals surface area contributed by atoms with Gasteiger partial charge in [-0.1, -0.05) is 0 Å². The van der Waals surface area contributed by atoms with Crippen LogP contribution in [0.2, 0.25) is 0 Å². The molecule has 1 aliphatic carbocycles. The van der Waals surface area contributed by atoms with Crippen molar-refractivity contribution < 1.29 is 27.1 Å². The highest BCUT2D eigenvalue weighted by Gasteiger charge is 2.50. The molecule has 2 N–H and O–H groups in total. The first-order valence-corrected chi connectivity index (χ1v) is 8.58. The topological polar surface area (TPSA) is 56.0 Å². The maximum Gasteiger partial charge on any atom is 0.446 e. The molecular weight excluding hydrogens is 387 g/mol. The summed E-state index contributed by atoms with van der Waals surface area (Å²) in [7, 11) is 0. The molecule has 1 unspecified atom stereocenters. The number of thioether (sulfide) groups is 1. The van der Waals surface area contributed by atoms with Crippen molar-refractivity contribution in [3.05, 3.63) is 52.6 Å². The van der Waals surface area contributed by atoms with Crippen LogP contribution < -0.4 is 5.32 Å². The molecule has 0 fully saturated rings. The highest BCUT2D eigenvalue weighted by molar-refractivity contribution is 8.00. The summed E-state index contributed by atoms with van der Waals surface area (Å²) in [5.41, 5.74) is -3.44. The van der Waals surface area contributed by atoms with Crippen LogP contribution in [0.25, 0.3) is 0 Å². The Morgan fingerprint density at radius 3 is 2.59 bits per heavy atom. The van der Waals surface area contributed by atoms with E-state index in [1.54, 1.807) is 19.1 Å². The normalized spacial score (nSPS) is 18.1. The summed E-state index contributed by atoms with van der Waals surface area (Å²) in [6, 6.07) is 9.12. The van der Waals surface area contributed by atoms with Crippen LogP contribution in [0, 0.1) is 18.3 Å². The predicted octanol–water partition coefficient (Wildman–Crippen LogP) is 5.45. The average Bonchev–Trinajstić information content (AvgIpc) is 2.79. The molecule has 0 saturated heterocycles. The second-order valence-electron chi connectivity index (χ2n) is 6.22. The Kier molecular flexibility index (Phi) is 4.82. The van der Waals surface area contributed by atoms with Crippen LogP contribution in [-0.4, -0.2) is 16.5 Å². The zero-order valence-electron chi connectivity index (χ0n) is 13.9. The van der Waals surface area contributed by atoms with Gasteiger partial charge in [-0.15, -0.1) is 0 Å². The molecule has 2 aromatic rings. The summed E-state index contributed by atoms with van der Waals surface area (Å²) in [5.74, 6) is -3.56. The number of nitriles is 1. The largest absolute Gasteiger partial charge is 0.446 e. The van der Waals surface area contributed by atoms with Gasteiger partial charge in [0.05, 0.1) is 11.6 Å². The van der Waals surface area contributed by atoms with E-state index in [0.717, 1.165) is 11.6 Å². The van der Waals surface area contributed by atoms with Crippen LogP contribution in [-0.2, 0) is 6.42 Å². The third-order valence-corrected chi connectivity index (χ3v) is 4.92. The third kappa shape index (κ3) is 4.01. The van der Waals surface area contributed by atoms with E-state index in [9.17, 15) is 27.1 Å². The lowest BCUT2D eigenvalue weighted by atomic mass is 10.1. The lowest BCUT2D eigenvalue weighted by Gasteiger charge is -2.17. The monoisotopic (exact) mass is 400 g/mol. The molecule has 0 saturated carbocycles. The van der Waals surface area contributed by atoms with Crippen molar-refractivity contribution in [1.82, 2.24) is 0 Å². The SMILES string of the molecule is Cc1cc(C#N)cc(Nc2ccc(SC(F)(F)F)c3c2CC(F)(F)C3O)c1. The number of anilines is 2. The molecule has 0 radical (unpaired) electrons. The molecule has 0 aliphatic heterocycles. The van der Waals surface area contributed by atoms with Crippen molar-refractivity contribution in [3.63, 3.8) is 0 Å². The number of fused-ring (bicyclic) bond motifs is 1. The van der Waals surface area contributed by atoms with Crippen LogP contribution in [0.3, 0.4) is 0 Å². The lowest BCUT2D eigenvalue weighted by molar-refractivity contribution is -0.0976. The second-order valence-corrected chi connectivity index (χ2v) is 7.32. The number of rotatable bonds is 3. The van der Waals surface area contributed by atoms with Crippen molar-refractivity contribution in [2.45, 2.75) is 35.8 Å². The third-order valence-electron chi connectivity index (χ3n) is 4.11. The number of benzene rings is 2. The van der Waals surface area contributed by atoms with Gasteiger partial charge < -0.3 is 10.4 Å². The van der Waals surface area contributed by atoms with Gasteiger partial charge >= 0.3 is 5.51 Å². The summed E-state index contributed by atoms with van der Waals surface area (Å²) in [4.78, 5) is -0.449. The molecule has 27 heavy (non-hydrogen) atoms. The minimum Gasteiger partial charge on any atom is -0.382 e. The summed E-state index contributed by atoms with van der Waals surface area (Å²) in [5, 5.41) is 21.8. The first kappa shape index (κ1) is 19.5. The van der Waals surface area contributed by atoms with E-state index < -0.39 is 46.2 Å². The highest BCUT2D eigenvalue weighted by atomic mass is 32.2. The molecule has 142 valence electrons. The van der Waals surface area contributed by atoms with E-state index in [-0.39, 0.29) is 11.3 Å². The van der Waals surface area contributed by atoms with E-state index in [1.807, 2.05) is 6.07 Å². The average molecular weight is 400 g/mol. The first-order valence-electron chi connectivity index (χ1n) is 7.76. The number of aliphatic hydroxyl groups is 1. The maximum atomic E-state index is 14.0. The molecule has 1 aliphatic rings. The Morgan fingerprint density at radius 1 is 1.26 bits per heavy atom. The number of aliphatic hydroxyl groups excluding tert-OH is 1. The quantitative estimate of drug-likeness (QED) is 0.532. The standard InChI is InChI=1S/C18H13F5N2OS/c1-9-4-10(8-24)6-11(5-9)25-13-2-3-14(27-18(21,22)23)15-12(13)7-17(19,20)16(15)26/h2-6,16,25-26H,7H2,1H3. The molecular formula is C18H13F5N2OS. The molecule has 0 heterocycles. The van der Waals surface area contributed by atoms with Crippen molar-refractivity contribution >= 4 is 23.1 Å². The van der Waals surface area contributed by atoms with Gasteiger partial charge in [-0.3, -0.25) is 0 Å². The van der Waals surface area contributed by atoms with E-state index in [2.05, 4.69) is 5.32 Å². The molecule has 3 rings (SSSR count). The number of aryl methyl sites for hydroxylation is 1. The van der Waals surface area contributed by atoms with E-state index in [1.165, 1.54) is 12.1 Å². The Morgan fingerprint density at radius 2 is 1.96 bits per heavy atom. The minimum absolute atomic E-state index is 0.0678. The number of hydrogen-bond acceptors (Lipinski definition) is 4. The van der Waals surface area contributed by atoms with Gasteiger partial charge in [0.15, 0.2) is 0 Å². The van der Waals surface area contributed by atoms with E-state index >= 15 is 0 Å². The van der Waals surface area contributed by atoms with Gasteiger partial charge in [-0.2, -0.15) is 18.4 Å². The van der Waals surface area contributed by atoms with Crippen LogP contribution in [0.4, 0.5) is 33.3 Å².